The minimum atomic E-state index is -0.713. The van der Waals surface area contributed by atoms with Crippen molar-refractivity contribution in [1.29, 1.82) is 0 Å². The number of aryl methyl sites for hydroxylation is 1. The van der Waals surface area contributed by atoms with E-state index in [-0.39, 0.29) is 0 Å². The van der Waals surface area contributed by atoms with Gasteiger partial charge in [0.25, 0.3) is 0 Å². The Bertz CT molecular complexity index is 296. The molecule has 0 radical (unpaired) electrons. The molecule has 2 rings (SSSR count). The molecule has 0 fully saturated rings. The van der Waals surface area contributed by atoms with Crippen LogP contribution in [0.2, 0.25) is 0 Å². The number of aliphatic hydroxyl groups is 1. The van der Waals surface area contributed by atoms with E-state index in [1.165, 1.54) is 0 Å². The van der Waals surface area contributed by atoms with Gasteiger partial charge in [-0.05, 0) is 26.2 Å². The van der Waals surface area contributed by atoms with E-state index >= 15 is 0 Å². The fourth-order valence-electron chi connectivity index (χ4n) is 1.74. The molecule has 12 heavy (non-hydrogen) atoms. The van der Waals surface area contributed by atoms with Crippen molar-refractivity contribution < 1.29 is 5.11 Å². The summed E-state index contributed by atoms with van der Waals surface area (Å²) in [6.07, 6.45) is 6.06. The fourth-order valence-corrected chi connectivity index (χ4v) is 1.74. The first kappa shape index (κ1) is 7.68. The summed E-state index contributed by atoms with van der Waals surface area (Å²) in [5.41, 5.74) is 1.19. The average Bonchev–Trinajstić information content (AvgIpc) is 2.04. The maximum absolute atomic E-state index is 9.95. The number of fused-ring (bicyclic) bond motifs is 1. The summed E-state index contributed by atoms with van der Waals surface area (Å²) in [7, 11) is 0. The van der Waals surface area contributed by atoms with E-state index in [4.69, 9.17) is 0 Å². The topological polar surface area (TPSA) is 46.0 Å². The Hall–Kier alpha value is -0.960. The molecule has 0 saturated heterocycles. The molecule has 1 aromatic rings. The van der Waals surface area contributed by atoms with Gasteiger partial charge < -0.3 is 5.11 Å². The number of rotatable bonds is 0. The van der Waals surface area contributed by atoms with Gasteiger partial charge in [0, 0.05) is 17.5 Å². The third-order valence-corrected chi connectivity index (χ3v) is 2.45. The molecule has 0 saturated carbocycles. The van der Waals surface area contributed by atoms with Gasteiger partial charge in [0.05, 0.1) is 5.60 Å². The van der Waals surface area contributed by atoms with Crippen LogP contribution in [0.25, 0.3) is 0 Å². The lowest BCUT2D eigenvalue weighted by Crippen LogP contribution is -2.27. The van der Waals surface area contributed by atoms with Crippen LogP contribution in [0.3, 0.4) is 0 Å². The Labute approximate surface area is 71.5 Å². The van der Waals surface area contributed by atoms with Gasteiger partial charge in [-0.3, -0.25) is 0 Å². The molecule has 0 amide bonds. The van der Waals surface area contributed by atoms with Crippen LogP contribution in [-0.4, -0.2) is 15.1 Å². The van der Waals surface area contributed by atoms with Crippen molar-refractivity contribution in [2.45, 2.75) is 31.8 Å². The number of aromatic nitrogens is 2. The zero-order valence-corrected chi connectivity index (χ0v) is 7.12. The molecule has 1 unspecified atom stereocenters. The highest BCUT2D eigenvalue weighted by atomic mass is 16.3. The number of hydrogen-bond donors (Lipinski definition) is 1. The molecule has 1 atom stereocenters. The summed E-state index contributed by atoms with van der Waals surface area (Å²) in [5, 5.41) is 9.95. The van der Waals surface area contributed by atoms with Gasteiger partial charge in [-0.1, -0.05) is 0 Å². The molecule has 1 heterocycles. The first-order chi connectivity index (χ1) is 5.70. The van der Waals surface area contributed by atoms with Crippen molar-refractivity contribution in [3.8, 4) is 0 Å². The first-order valence-corrected chi connectivity index (χ1v) is 4.22. The van der Waals surface area contributed by atoms with Gasteiger partial charge >= 0.3 is 0 Å². The van der Waals surface area contributed by atoms with Crippen molar-refractivity contribution in [1.82, 2.24) is 9.97 Å². The van der Waals surface area contributed by atoms with Gasteiger partial charge in [-0.15, -0.1) is 0 Å². The van der Waals surface area contributed by atoms with Crippen LogP contribution in [0.15, 0.2) is 12.5 Å². The van der Waals surface area contributed by atoms with Gasteiger partial charge in [-0.25, -0.2) is 9.97 Å². The second-order valence-corrected chi connectivity index (χ2v) is 3.51. The predicted octanol–water partition coefficient (Wildman–Crippen LogP) is 1.02. The lowest BCUT2D eigenvalue weighted by Gasteiger charge is -2.29. The zero-order chi connectivity index (χ0) is 8.60. The molecule has 3 nitrogen and oxygen atoms in total. The highest BCUT2D eigenvalue weighted by Gasteiger charge is 2.30. The molecule has 0 aromatic carbocycles. The van der Waals surface area contributed by atoms with Crippen LogP contribution >= 0.6 is 0 Å². The van der Waals surface area contributed by atoms with Crippen molar-refractivity contribution in [2.75, 3.05) is 0 Å². The van der Waals surface area contributed by atoms with Gasteiger partial charge in [-0.2, -0.15) is 0 Å². The maximum Gasteiger partial charge on any atom is 0.115 e. The van der Waals surface area contributed by atoms with E-state index < -0.39 is 5.60 Å². The number of hydrogen-bond acceptors (Lipinski definition) is 3. The summed E-state index contributed by atoms with van der Waals surface area (Å²) >= 11 is 0. The lowest BCUT2D eigenvalue weighted by molar-refractivity contribution is 0.0374. The van der Waals surface area contributed by atoms with E-state index in [2.05, 4.69) is 9.97 Å². The highest BCUT2D eigenvalue weighted by molar-refractivity contribution is 5.25. The quantitative estimate of drug-likeness (QED) is 0.622. The van der Waals surface area contributed by atoms with Crippen molar-refractivity contribution in [3.63, 3.8) is 0 Å². The summed E-state index contributed by atoms with van der Waals surface area (Å²) in [4.78, 5) is 8.07. The molecule has 1 aromatic heterocycles. The highest BCUT2D eigenvalue weighted by Crippen LogP contribution is 2.32. The Morgan fingerprint density at radius 3 is 3.17 bits per heavy atom. The summed E-state index contributed by atoms with van der Waals surface area (Å²) in [6.45, 7) is 1.83. The SMILES string of the molecule is CC1(O)CCCc2ncncc21. The van der Waals surface area contributed by atoms with Crippen LogP contribution in [-0.2, 0) is 12.0 Å². The third kappa shape index (κ3) is 1.10. The van der Waals surface area contributed by atoms with E-state index in [1.54, 1.807) is 12.5 Å². The normalized spacial score (nSPS) is 28.2. The van der Waals surface area contributed by atoms with Crippen LogP contribution in [0.4, 0.5) is 0 Å². The monoisotopic (exact) mass is 164 g/mol. The van der Waals surface area contributed by atoms with Crippen molar-refractivity contribution in [2.24, 2.45) is 0 Å². The van der Waals surface area contributed by atoms with Crippen LogP contribution < -0.4 is 0 Å². The molecular formula is C9H12N2O. The molecule has 1 aliphatic carbocycles. The van der Waals surface area contributed by atoms with Gasteiger partial charge in [0.1, 0.15) is 6.33 Å². The Morgan fingerprint density at radius 2 is 2.42 bits per heavy atom. The maximum atomic E-state index is 9.95. The van der Waals surface area contributed by atoms with E-state index in [0.29, 0.717) is 0 Å². The summed E-state index contributed by atoms with van der Waals surface area (Å²) in [6, 6.07) is 0. The van der Waals surface area contributed by atoms with Crippen molar-refractivity contribution >= 4 is 0 Å². The van der Waals surface area contributed by atoms with Crippen molar-refractivity contribution in [3.05, 3.63) is 23.8 Å². The molecule has 0 spiro atoms. The van der Waals surface area contributed by atoms with Crippen LogP contribution in [0, 0.1) is 0 Å². The third-order valence-electron chi connectivity index (χ3n) is 2.45. The van der Waals surface area contributed by atoms with Gasteiger partial charge in [0.2, 0.25) is 0 Å². The smallest absolute Gasteiger partial charge is 0.115 e. The first-order valence-electron chi connectivity index (χ1n) is 4.22. The minimum absolute atomic E-state index is 0.713. The molecule has 3 heteroatoms. The Morgan fingerprint density at radius 1 is 1.58 bits per heavy atom. The lowest BCUT2D eigenvalue weighted by atomic mass is 9.84. The van der Waals surface area contributed by atoms with E-state index in [0.717, 1.165) is 30.5 Å². The molecule has 0 bridgehead atoms. The molecule has 1 N–H and O–H groups in total. The summed E-state index contributed by atoms with van der Waals surface area (Å²) in [5.74, 6) is 0. The van der Waals surface area contributed by atoms with Gasteiger partial charge in [0.15, 0.2) is 0 Å². The minimum Gasteiger partial charge on any atom is -0.385 e. The predicted molar refractivity (Wildman–Crippen MR) is 44.5 cm³/mol. The fraction of sp³-hybridized carbons (Fsp3) is 0.556. The standard InChI is InChI=1S/C9H12N2O/c1-9(12)4-2-3-8-7(9)5-10-6-11-8/h5-6,12H,2-4H2,1H3. The summed E-state index contributed by atoms with van der Waals surface area (Å²) < 4.78 is 0. The Balaban J connectivity index is 2.52. The van der Waals surface area contributed by atoms with E-state index in [9.17, 15) is 5.11 Å². The average molecular weight is 164 g/mol. The molecular weight excluding hydrogens is 152 g/mol. The molecule has 0 aliphatic heterocycles. The molecule has 64 valence electrons. The zero-order valence-electron chi connectivity index (χ0n) is 7.12. The number of nitrogens with zero attached hydrogens (tertiary/aromatic N) is 2. The van der Waals surface area contributed by atoms with E-state index in [1.807, 2.05) is 6.92 Å². The van der Waals surface area contributed by atoms with Crippen LogP contribution in [0.1, 0.15) is 31.0 Å². The van der Waals surface area contributed by atoms with Crippen LogP contribution in [0.5, 0.6) is 0 Å². The Kier molecular flexibility index (Phi) is 1.61. The second kappa shape index (κ2) is 2.52. The largest absolute Gasteiger partial charge is 0.385 e. The second-order valence-electron chi connectivity index (χ2n) is 3.51. The molecule has 1 aliphatic rings.